The molecule has 2 aromatic carbocycles. The summed E-state index contributed by atoms with van der Waals surface area (Å²) >= 11 is 11.4. The fourth-order valence-corrected chi connectivity index (χ4v) is 2.78. The molecular formula is C19H17ClN4O3S. The van der Waals surface area contributed by atoms with Gasteiger partial charge in [-0.2, -0.15) is 4.98 Å². The van der Waals surface area contributed by atoms with Crippen LogP contribution in [0.25, 0.3) is 11.4 Å². The van der Waals surface area contributed by atoms with Gasteiger partial charge in [0.1, 0.15) is 0 Å². The van der Waals surface area contributed by atoms with Crippen molar-refractivity contribution in [2.24, 2.45) is 0 Å². The summed E-state index contributed by atoms with van der Waals surface area (Å²) in [5, 5.41) is 10.5. The zero-order valence-corrected chi connectivity index (χ0v) is 16.5. The molecule has 0 fully saturated rings. The number of hydrogen-bond donors (Lipinski definition) is 2. The number of benzene rings is 2. The topological polar surface area (TPSA) is 89.3 Å². The van der Waals surface area contributed by atoms with Crippen LogP contribution in [0.15, 0.2) is 53.1 Å². The van der Waals surface area contributed by atoms with Crippen LogP contribution in [-0.4, -0.2) is 27.8 Å². The molecule has 0 unspecified atom stereocenters. The molecule has 0 radical (unpaired) electrons. The predicted octanol–water partition coefficient (Wildman–Crippen LogP) is 4.05. The Morgan fingerprint density at radius 2 is 2.04 bits per heavy atom. The summed E-state index contributed by atoms with van der Waals surface area (Å²) in [6, 6.07) is 14.4. The first-order valence-corrected chi connectivity index (χ1v) is 9.25. The second-order valence-electron chi connectivity index (χ2n) is 5.60. The number of ether oxygens (including phenoxy) is 1. The Balaban J connectivity index is 1.55. The van der Waals surface area contributed by atoms with Crippen molar-refractivity contribution in [1.29, 1.82) is 0 Å². The molecular weight excluding hydrogens is 400 g/mol. The number of esters is 1. The van der Waals surface area contributed by atoms with Gasteiger partial charge in [0.2, 0.25) is 11.7 Å². The lowest BCUT2D eigenvalue weighted by Gasteiger charge is -2.10. The van der Waals surface area contributed by atoms with Crippen LogP contribution in [0.5, 0.6) is 0 Å². The SMILES string of the molecule is CCOC(=O)c1ccc(NC(=S)NCc2nc(-c3ccccc3)no2)cc1Cl. The monoisotopic (exact) mass is 416 g/mol. The van der Waals surface area contributed by atoms with Crippen LogP contribution in [0.4, 0.5) is 5.69 Å². The molecule has 0 saturated heterocycles. The molecule has 0 bridgehead atoms. The van der Waals surface area contributed by atoms with Crippen LogP contribution in [0.1, 0.15) is 23.2 Å². The maximum Gasteiger partial charge on any atom is 0.339 e. The van der Waals surface area contributed by atoms with Gasteiger partial charge in [0.05, 0.1) is 23.7 Å². The molecule has 0 aliphatic rings. The number of aromatic nitrogens is 2. The van der Waals surface area contributed by atoms with E-state index in [1.165, 1.54) is 0 Å². The van der Waals surface area contributed by atoms with Crippen LogP contribution in [0.2, 0.25) is 5.02 Å². The Bertz CT molecular complexity index is 978. The highest BCUT2D eigenvalue weighted by atomic mass is 35.5. The lowest BCUT2D eigenvalue weighted by atomic mass is 10.2. The number of rotatable bonds is 6. The molecule has 0 saturated carbocycles. The van der Waals surface area contributed by atoms with Gasteiger partial charge in [-0.15, -0.1) is 0 Å². The summed E-state index contributed by atoms with van der Waals surface area (Å²) in [5.74, 6) is 0.446. The molecule has 9 heteroatoms. The quantitative estimate of drug-likeness (QED) is 0.459. The Labute approximate surface area is 172 Å². The number of thiocarbonyl (C=S) groups is 1. The van der Waals surface area contributed by atoms with Crippen molar-refractivity contribution in [1.82, 2.24) is 15.5 Å². The highest BCUT2D eigenvalue weighted by Crippen LogP contribution is 2.22. The summed E-state index contributed by atoms with van der Waals surface area (Å²) < 4.78 is 10.2. The Kier molecular flexibility index (Phi) is 6.57. The van der Waals surface area contributed by atoms with E-state index in [4.69, 9.17) is 33.1 Å². The summed E-state index contributed by atoms with van der Waals surface area (Å²) in [6.45, 7) is 2.28. The van der Waals surface area contributed by atoms with Crippen LogP contribution in [0, 0.1) is 0 Å². The molecule has 3 aromatic rings. The number of hydrogen-bond acceptors (Lipinski definition) is 6. The van der Waals surface area contributed by atoms with Crippen LogP contribution in [0.3, 0.4) is 0 Å². The number of carbonyl (C=O) groups excluding carboxylic acids is 1. The molecule has 7 nitrogen and oxygen atoms in total. The predicted molar refractivity (Wildman–Crippen MR) is 110 cm³/mol. The number of halogens is 1. The second kappa shape index (κ2) is 9.29. The van der Waals surface area contributed by atoms with E-state index in [1.54, 1.807) is 25.1 Å². The van der Waals surface area contributed by atoms with Crippen LogP contribution >= 0.6 is 23.8 Å². The summed E-state index contributed by atoms with van der Waals surface area (Å²) in [4.78, 5) is 16.1. The lowest BCUT2D eigenvalue weighted by molar-refractivity contribution is 0.0526. The van der Waals surface area contributed by atoms with Crippen molar-refractivity contribution in [2.75, 3.05) is 11.9 Å². The fourth-order valence-electron chi connectivity index (χ4n) is 2.33. The average Bonchev–Trinajstić information content (AvgIpc) is 3.16. The molecule has 0 aliphatic heterocycles. The fraction of sp³-hybridized carbons (Fsp3) is 0.158. The molecule has 1 heterocycles. The first-order valence-electron chi connectivity index (χ1n) is 8.46. The van der Waals surface area contributed by atoms with E-state index in [0.29, 0.717) is 28.1 Å². The third kappa shape index (κ3) is 5.05. The number of nitrogens with zero attached hydrogens (tertiary/aromatic N) is 2. The third-order valence-electron chi connectivity index (χ3n) is 3.62. The minimum atomic E-state index is -0.467. The van der Waals surface area contributed by atoms with Crippen LogP contribution < -0.4 is 10.6 Å². The standard InChI is InChI=1S/C19H17ClN4O3S/c1-2-26-18(25)14-9-8-13(10-15(14)20)22-19(28)21-11-16-23-17(24-27-16)12-6-4-3-5-7-12/h3-10H,2,11H2,1H3,(H2,21,22,28). The van der Waals surface area contributed by atoms with Crippen LogP contribution in [-0.2, 0) is 11.3 Å². The van der Waals surface area contributed by atoms with E-state index in [2.05, 4.69) is 20.8 Å². The summed E-state index contributed by atoms with van der Waals surface area (Å²) in [7, 11) is 0. The van der Waals surface area contributed by atoms with Crippen molar-refractivity contribution >= 4 is 40.6 Å². The molecule has 28 heavy (non-hydrogen) atoms. The van der Waals surface area contributed by atoms with Gasteiger partial charge in [0.25, 0.3) is 0 Å². The highest BCUT2D eigenvalue weighted by molar-refractivity contribution is 7.80. The maximum absolute atomic E-state index is 11.8. The summed E-state index contributed by atoms with van der Waals surface area (Å²) in [6.07, 6.45) is 0. The van der Waals surface area contributed by atoms with Crippen molar-refractivity contribution in [3.05, 3.63) is 65.0 Å². The molecule has 0 spiro atoms. The lowest BCUT2D eigenvalue weighted by Crippen LogP contribution is -2.28. The number of nitrogens with one attached hydrogen (secondary N) is 2. The van der Waals surface area contributed by atoms with E-state index in [-0.39, 0.29) is 18.2 Å². The number of anilines is 1. The second-order valence-corrected chi connectivity index (χ2v) is 6.42. The number of carbonyl (C=O) groups is 1. The largest absolute Gasteiger partial charge is 0.462 e. The zero-order chi connectivity index (χ0) is 19.9. The van der Waals surface area contributed by atoms with Gasteiger partial charge in [-0.05, 0) is 37.3 Å². The minimum Gasteiger partial charge on any atom is -0.462 e. The minimum absolute atomic E-state index is 0.264. The third-order valence-corrected chi connectivity index (χ3v) is 4.18. The molecule has 144 valence electrons. The van der Waals surface area contributed by atoms with Gasteiger partial charge >= 0.3 is 5.97 Å². The molecule has 0 atom stereocenters. The van der Waals surface area contributed by atoms with Gasteiger partial charge in [-0.3, -0.25) is 0 Å². The first-order chi connectivity index (χ1) is 13.6. The smallest absolute Gasteiger partial charge is 0.339 e. The van der Waals surface area contributed by atoms with E-state index in [0.717, 1.165) is 5.56 Å². The van der Waals surface area contributed by atoms with Crippen molar-refractivity contribution in [3.8, 4) is 11.4 Å². The van der Waals surface area contributed by atoms with Gasteiger partial charge in [0.15, 0.2) is 5.11 Å². The van der Waals surface area contributed by atoms with Gasteiger partial charge in [-0.1, -0.05) is 47.1 Å². The van der Waals surface area contributed by atoms with E-state index < -0.39 is 5.97 Å². The van der Waals surface area contributed by atoms with Crippen molar-refractivity contribution < 1.29 is 14.1 Å². The van der Waals surface area contributed by atoms with Gasteiger partial charge in [-0.25, -0.2) is 4.79 Å². The van der Waals surface area contributed by atoms with Crippen molar-refractivity contribution in [3.63, 3.8) is 0 Å². The van der Waals surface area contributed by atoms with E-state index >= 15 is 0 Å². The average molecular weight is 417 g/mol. The molecule has 1 aromatic heterocycles. The van der Waals surface area contributed by atoms with Crippen molar-refractivity contribution in [2.45, 2.75) is 13.5 Å². The molecule has 0 aliphatic carbocycles. The molecule has 3 rings (SSSR count). The first kappa shape index (κ1) is 19.8. The van der Waals surface area contributed by atoms with E-state index in [9.17, 15) is 4.79 Å². The Morgan fingerprint density at radius 1 is 1.25 bits per heavy atom. The Morgan fingerprint density at radius 3 is 2.75 bits per heavy atom. The molecule has 2 N–H and O–H groups in total. The van der Waals surface area contributed by atoms with E-state index in [1.807, 2.05) is 30.3 Å². The Hall–Kier alpha value is -2.97. The zero-order valence-electron chi connectivity index (χ0n) is 14.9. The highest BCUT2D eigenvalue weighted by Gasteiger charge is 2.12. The molecule has 0 amide bonds. The summed E-state index contributed by atoms with van der Waals surface area (Å²) in [5.41, 5.74) is 1.80. The normalized spacial score (nSPS) is 10.4. The maximum atomic E-state index is 11.8. The van der Waals surface area contributed by atoms with Gasteiger partial charge in [0, 0.05) is 11.3 Å². The van der Waals surface area contributed by atoms with Gasteiger partial charge < -0.3 is 19.9 Å².